The zero-order valence-electron chi connectivity index (χ0n) is 16.2. The van der Waals surface area contributed by atoms with Crippen molar-refractivity contribution >= 4 is 5.97 Å². The maximum atomic E-state index is 12.4. The molecule has 0 saturated heterocycles. The van der Waals surface area contributed by atoms with E-state index in [9.17, 15) is 4.79 Å². The van der Waals surface area contributed by atoms with Crippen molar-refractivity contribution in [3.63, 3.8) is 0 Å². The van der Waals surface area contributed by atoms with Gasteiger partial charge in [-0.05, 0) is 61.4 Å². The monoisotopic (exact) mass is 366 g/mol. The van der Waals surface area contributed by atoms with E-state index < -0.39 is 6.10 Å². The minimum atomic E-state index is -0.437. The van der Waals surface area contributed by atoms with Crippen molar-refractivity contribution < 1.29 is 19.0 Å². The van der Waals surface area contributed by atoms with Crippen LogP contribution < -0.4 is 9.47 Å². The molecule has 0 radical (unpaired) electrons. The fourth-order valence-electron chi connectivity index (χ4n) is 2.50. The molecule has 0 saturated carbocycles. The van der Waals surface area contributed by atoms with Gasteiger partial charge < -0.3 is 14.2 Å². The number of benzene rings is 2. The standard InChI is InChI=1S/C23H26O4/c1-4-5-6-7-22(15-10-18-8-13-20(25-2)14-9-18)27-23(24)19-11-16-21(26-3)17-12-19/h8-9,11-14,16-17,22H,4-7H2,1-3H3/t22-/m0/s1. The molecule has 0 aromatic heterocycles. The second-order valence-corrected chi connectivity index (χ2v) is 6.12. The van der Waals surface area contributed by atoms with Gasteiger partial charge in [0.2, 0.25) is 0 Å². The fraction of sp³-hybridized carbons (Fsp3) is 0.348. The summed E-state index contributed by atoms with van der Waals surface area (Å²) >= 11 is 0. The Labute approximate surface area is 161 Å². The van der Waals surface area contributed by atoms with E-state index in [1.807, 2.05) is 24.3 Å². The molecule has 0 aliphatic heterocycles. The molecule has 2 rings (SSSR count). The van der Waals surface area contributed by atoms with Gasteiger partial charge in [0.1, 0.15) is 11.5 Å². The number of methoxy groups -OCH3 is 2. The molecule has 4 nitrogen and oxygen atoms in total. The van der Waals surface area contributed by atoms with E-state index >= 15 is 0 Å². The average molecular weight is 366 g/mol. The molecule has 0 N–H and O–H groups in total. The summed E-state index contributed by atoms with van der Waals surface area (Å²) in [6.45, 7) is 2.14. The van der Waals surface area contributed by atoms with Crippen LogP contribution in [0, 0.1) is 11.8 Å². The first kappa shape index (κ1) is 20.4. The lowest BCUT2D eigenvalue weighted by Gasteiger charge is -2.12. The number of esters is 1. The van der Waals surface area contributed by atoms with Crippen LogP contribution in [-0.2, 0) is 4.74 Å². The van der Waals surface area contributed by atoms with Gasteiger partial charge in [-0.25, -0.2) is 4.79 Å². The highest BCUT2D eigenvalue weighted by atomic mass is 16.5. The zero-order valence-corrected chi connectivity index (χ0v) is 16.2. The third kappa shape index (κ3) is 6.71. The molecular weight excluding hydrogens is 340 g/mol. The Hall–Kier alpha value is -2.93. The Bertz CT molecular complexity index is 767. The number of hydrogen-bond acceptors (Lipinski definition) is 4. The van der Waals surface area contributed by atoms with Crippen LogP contribution >= 0.6 is 0 Å². The van der Waals surface area contributed by atoms with Crippen LogP contribution in [0.25, 0.3) is 0 Å². The lowest BCUT2D eigenvalue weighted by molar-refractivity contribution is 0.0393. The van der Waals surface area contributed by atoms with Crippen LogP contribution in [0.1, 0.15) is 48.5 Å². The van der Waals surface area contributed by atoms with Gasteiger partial charge in [0.15, 0.2) is 6.10 Å². The largest absolute Gasteiger partial charge is 0.497 e. The highest BCUT2D eigenvalue weighted by molar-refractivity contribution is 5.89. The highest BCUT2D eigenvalue weighted by Gasteiger charge is 2.14. The van der Waals surface area contributed by atoms with Gasteiger partial charge in [-0.1, -0.05) is 31.6 Å². The first-order valence-corrected chi connectivity index (χ1v) is 9.17. The minimum Gasteiger partial charge on any atom is -0.497 e. The van der Waals surface area contributed by atoms with E-state index in [1.165, 1.54) is 0 Å². The van der Waals surface area contributed by atoms with Crippen molar-refractivity contribution in [2.75, 3.05) is 14.2 Å². The van der Waals surface area contributed by atoms with Crippen molar-refractivity contribution in [1.29, 1.82) is 0 Å². The molecule has 0 fully saturated rings. The lowest BCUT2D eigenvalue weighted by atomic mass is 10.1. The van der Waals surface area contributed by atoms with Gasteiger partial charge in [-0.15, -0.1) is 0 Å². The summed E-state index contributed by atoms with van der Waals surface area (Å²) in [5, 5.41) is 0. The summed E-state index contributed by atoms with van der Waals surface area (Å²) in [6, 6.07) is 14.4. The molecule has 27 heavy (non-hydrogen) atoms. The minimum absolute atomic E-state index is 0.372. The van der Waals surface area contributed by atoms with Crippen molar-refractivity contribution in [2.45, 2.75) is 38.7 Å². The normalized spacial score (nSPS) is 11.1. The van der Waals surface area contributed by atoms with E-state index in [0.29, 0.717) is 11.3 Å². The van der Waals surface area contributed by atoms with E-state index in [1.54, 1.807) is 38.5 Å². The van der Waals surface area contributed by atoms with Crippen LogP contribution in [0.5, 0.6) is 11.5 Å². The van der Waals surface area contributed by atoms with Crippen molar-refractivity contribution in [3.8, 4) is 23.3 Å². The number of rotatable bonds is 8. The predicted molar refractivity (Wildman–Crippen MR) is 106 cm³/mol. The Morgan fingerprint density at radius 2 is 1.52 bits per heavy atom. The number of carbonyl (C=O) groups is 1. The molecule has 4 heteroatoms. The smallest absolute Gasteiger partial charge is 0.339 e. The summed E-state index contributed by atoms with van der Waals surface area (Å²) in [5.41, 5.74) is 1.35. The third-order valence-corrected chi connectivity index (χ3v) is 4.11. The number of ether oxygens (including phenoxy) is 3. The van der Waals surface area contributed by atoms with Crippen molar-refractivity contribution in [1.82, 2.24) is 0 Å². The maximum Gasteiger partial charge on any atom is 0.339 e. The summed E-state index contributed by atoms with van der Waals surface area (Å²) in [7, 11) is 3.22. The molecule has 0 spiro atoms. The van der Waals surface area contributed by atoms with Crippen molar-refractivity contribution in [2.24, 2.45) is 0 Å². The molecule has 0 heterocycles. The second kappa shape index (κ2) is 10.9. The molecule has 0 bridgehead atoms. The molecule has 0 amide bonds. The summed E-state index contributed by atoms with van der Waals surface area (Å²) in [6.07, 6.45) is 3.44. The summed E-state index contributed by atoms with van der Waals surface area (Å²) in [5.74, 6) is 7.30. The Kier molecular flexibility index (Phi) is 8.25. The van der Waals surface area contributed by atoms with Gasteiger partial charge in [0, 0.05) is 5.56 Å². The molecule has 142 valence electrons. The summed E-state index contributed by atoms with van der Waals surface area (Å²) < 4.78 is 15.9. The van der Waals surface area contributed by atoms with Crippen molar-refractivity contribution in [3.05, 3.63) is 59.7 Å². The SMILES string of the molecule is CCCCC[C@@H](C#Cc1ccc(OC)cc1)OC(=O)c1ccc(OC)cc1. The van der Waals surface area contributed by atoms with Crippen LogP contribution in [0.15, 0.2) is 48.5 Å². The summed E-state index contributed by atoms with van der Waals surface area (Å²) in [4.78, 5) is 12.4. The van der Waals surface area contributed by atoms with Gasteiger partial charge >= 0.3 is 5.97 Å². The molecule has 0 aliphatic rings. The molecular formula is C23H26O4. The predicted octanol–water partition coefficient (Wildman–Crippen LogP) is 4.86. The molecule has 0 unspecified atom stereocenters. The molecule has 1 atom stereocenters. The van der Waals surface area contributed by atoms with Crippen LogP contribution in [0.4, 0.5) is 0 Å². The highest BCUT2D eigenvalue weighted by Crippen LogP contribution is 2.15. The van der Waals surface area contributed by atoms with Gasteiger partial charge in [0.05, 0.1) is 19.8 Å². The quantitative estimate of drug-likeness (QED) is 0.380. The van der Waals surface area contributed by atoms with Crippen LogP contribution in [0.3, 0.4) is 0 Å². The Balaban J connectivity index is 2.08. The van der Waals surface area contributed by atoms with E-state index in [0.717, 1.165) is 37.0 Å². The van der Waals surface area contributed by atoms with Crippen LogP contribution in [-0.4, -0.2) is 26.3 Å². The van der Waals surface area contributed by atoms with E-state index in [4.69, 9.17) is 14.2 Å². The second-order valence-electron chi connectivity index (χ2n) is 6.12. The van der Waals surface area contributed by atoms with E-state index in [-0.39, 0.29) is 5.97 Å². The topological polar surface area (TPSA) is 44.8 Å². The number of carbonyl (C=O) groups excluding carboxylic acids is 1. The zero-order chi connectivity index (χ0) is 19.5. The lowest BCUT2D eigenvalue weighted by Crippen LogP contribution is -2.17. The molecule has 2 aromatic rings. The molecule has 2 aromatic carbocycles. The van der Waals surface area contributed by atoms with Crippen LogP contribution in [0.2, 0.25) is 0 Å². The van der Waals surface area contributed by atoms with Gasteiger partial charge in [-0.2, -0.15) is 0 Å². The number of hydrogen-bond donors (Lipinski definition) is 0. The van der Waals surface area contributed by atoms with Gasteiger partial charge in [0.25, 0.3) is 0 Å². The average Bonchev–Trinajstić information content (AvgIpc) is 2.72. The van der Waals surface area contributed by atoms with Gasteiger partial charge in [-0.3, -0.25) is 0 Å². The van der Waals surface area contributed by atoms with E-state index in [2.05, 4.69) is 18.8 Å². The fourth-order valence-corrected chi connectivity index (χ4v) is 2.50. The number of unbranched alkanes of at least 4 members (excludes halogenated alkanes) is 2. The first-order valence-electron chi connectivity index (χ1n) is 9.17. The Morgan fingerprint density at radius 3 is 2.07 bits per heavy atom. The molecule has 0 aliphatic carbocycles. The third-order valence-electron chi connectivity index (χ3n) is 4.11. The Morgan fingerprint density at radius 1 is 0.926 bits per heavy atom. The first-order chi connectivity index (χ1) is 13.2. The maximum absolute atomic E-state index is 12.4.